The second-order valence-electron chi connectivity index (χ2n) is 7.65. The topological polar surface area (TPSA) is 55.8 Å². The van der Waals surface area contributed by atoms with Crippen molar-refractivity contribution in [3.63, 3.8) is 0 Å². The molecule has 1 fully saturated rings. The molecule has 0 bridgehead atoms. The van der Waals surface area contributed by atoms with E-state index in [0.29, 0.717) is 13.1 Å². The monoisotopic (exact) mass is 401 g/mol. The number of amides is 2. The molecule has 2 heterocycles. The summed E-state index contributed by atoms with van der Waals surface area (Å²) in [7, 11) is 0. The van der Waals surface area contributed by atoms with Gasteiger partial charge in [0.25, 0.3) is 0 Å². The Balaban J connectivity index is 1.64. The molecule has 0 aliphatic carbocycles. The summed E-state index contributed by atoms with van der Waals surface area (Å²) in [5.41, 5.74) is 2.10. The van der Waals surface area contributed by atoms with Crippen molar-refractivity contribution in [3.05, 3.63) is 65.2 Å². The van der Waals surface area contributed by atoms with Crippen molar-refractivity contribution in [2.24, 2.45) is 0 Å². The number of nitrogens with zero attached hydrogens (tertiary/aromatic N) is 2. The van der Waals surface area contributed by atoms with Crippen molar-refractivity contribution in [3.8, 4) is 0 Å². The van der Waals surface area contributed by atoms with Crippen LogP contribution in [0.5, 0.6) is 0 Å². The number of carbonyl (C=O) groups is 1. The lowest BCUT2D eigenvalue weighted by Gasteiger charge is -2.59. The highest BCUT2D eigenvalue weighted by atomic mass is 19.1. The maximum Gasteiger partial charge on any atom is 0.321 e. The number of halogens is 2. The number of para-hydroxylation sites is 1. The number of aliphatic hydroxyl groups is 1. The van der Waals surface area contributed by atoms with Gasteiger partial charge in [-0.3, -0.25) is 9.80 Å². The maximum atomic E-state index is 14.2. The van der Waals surface area contributed by atoms with Crippen LogP contribution in [0.3, 0.4) is 0 Å². The van der Waals surface area contributed by atoms with E-state index in [-0.39, 0.29) is 42.7 Å². The number of hydrogen-bond acceptors (Lipinski definition) is 3. The quantitative estimate of drug-likeness (QED) is 0.809. The van der Waals surface area contributed by atoms with Gasteiger partial charge in [0.05, 0.1) is 6.61 Å². The molecule has 3 atom stereocenters. The van der Waals surface area contributed by atoms with Crippen LogP contribution in [0, 0.1) is 11.6 Å². The molecule has 29 heavy (non-hydrogen) atoms. The molecule has 4 rings (SSSR count). The highest BCUT2D eigenvalue weighted by Crippen LogP contribution is 2.48. The van der Waals surface area contributed by atoms with E-state index in [0.717, 1.165) is 29.8 Å². The fraction of sp³-hybridized carbons (Fsp3) is 0.409. The number of nitrogens with one attached hydrogen (secondary N) is 1. The molecular formula is C22H25F2N3O2. The third-order valence-electron chi connectivity index (χ3n) is 5.96. The molecule has 2 amide bonds. The van der Waals surface area contributed by atoms with E-state index in [1.165, 1.54) is 6.07 Å². The van der Waals surface area contributed by atoms with Crippen LogP contribution in [-0.4, -0.2) is 47.8 Å². The summed E-state index contributed by atoms with van der Waals surface area (Å²) in [6, 6.07) is 10.7. The Morgan fingerprint density at radius 2 is 2.03 bits per heavy atom. The SMILES string of the molecule is CCCNC(=O)N1C[C@@H]2[C@H](c3ccccc31)[C@H](CO)N2Cc1cc(F)ccc1F. The minimum Gasteiger partial charge on any atom is -0.395 e. The summed E-state index contributed by atoms with van der Waals surface area (Å²) in [6.07, 6.45) is 0.838. The zero-order chi connectivity index (χ0) is 20.5. The van der Waals surface area contributed by atoms with Crippen molar-refractivity contribution in [2.45, 2.75) is 37.9 Å². The van der Waals surface area contributed by atoms with Crippen LogP contribution in [-0.2, 0) is 6.54 Å². The van der Waals surface area contributed by atoms with Gasteiger partial charge in [-0.1, -0.05) is 25.1 Å². The van der Waals surface area contributed by atoms with Crippen molar-refractivity contribution in [1.29, 1.82) is 0 Å². The third kappa shape index (κ3) is 3.49. The molecule has 7 heteroatoms. The Bertz CT molecular complexity index is 907. The van der Waals surface area contributed by atoms with Crippen LogP contribution in [0.2, 0.25) is 0 Å². The highest BCUT2D eigenvalue weighted by molar-refractivity contribution is 5.94. The van der Waals surface area contributed by atoms with Crippen LogP contribution in [0.25, 0.3) is 0 Å². The molecule has 0 aromatic heterocycles. The molecule has 2 aliphatic heterocycles. The number of urea groups is 1. The van der Waals surface area contributed by atoms with Crippen LogP contribution in [0.4, 0.5) is 19.3 Å². The minimum atomic E-state index is -0.492. The lowest BCUT2D eigenvalue weighted by molar-refractivity contribution is -0.0491. The van der Waals surface area contributed by atoms with E-state index in [1.807, 2.05) is 36.1 Å². The molecule has 2 aliphatic rings. The van der Waals surface area contributed by atoms with E-state index in [9.17, 15) is 18.7 Å². The van der Waals surface area contributed by atoms with Crippen LogP contribution < -0.4 is 10.2 Å². The van der Waals surface area contributed by atoms with Gasteiger partial charge in [0.2, 0.25) is 0 Å². The maximum absolute atomic E-state index is 14.2. The number of rotatable bonds is 5. The van der Waals surface area contributed by atoms with Gasteiger partial charge in [0.1, 0.15) is 11.6 Å². The zero-order valence-corrected chi connectivity index (χ0v) is 16.3. The van der Waals surface area contributed by atoms with Crippen molar-refractivity contribution in [1.82, 2.24) is 10.2 Å². The second-order valence-corrected chi connectivity index (χ2v) is 7.65. The summed E-state index contributed by atoms with van der Waals surface area (Å²) in [4.78, 5) is 16.4. The number of anilines is 1. The van der Waals surface area contributed by atoms with Crippen molar-refractivity contribution in [2.75, 3.05) is 24.6 Å². The Morgan fingerprint density at radius 3 is 2.79 bits per heavy atom. The molecule has 0 radical (unpaired) electrons. The third-order valence-corrected chi connectivity index (χ3v) is 5.96. The van der Waals surface area contributed by atoms with Crippen molar-refractivity contribution >= 4 is 11.7 Å². The first kappa shape index (κ1) is 19.8. The number of fused-ring (bicyclic) bond motifs is 3. The first-order valence-corrected chi connectivity index (χ1v) is 10.00. The molecule has 0 saturated carbocycles. The van der Waals surface area contributed by atoms with E-state index < -0.39 is 11.6 Å². The minimum absolute atomic E-state index is 0.0445. The van der Waals surface area contributed by atoms with Gasteiger partial charge >= 0.3 is 6.03 Å². The molecule has 0 spiro atoms. The van der Waals surface area contributed by atoms with Gasteiger partial charge in [-0.2, -0.15) is 0 Å². The Morgan fingerprint density at radius 1 is 1.24 bits per heavy atom. The molecule has 2 N–H and O–H groups in total. The lowest BCUT2D eigenvalue weighted by Crippen LogP contribution is -2.69. The Labute approximate surface area is 168 Å². The molecular weight excluding hydrogens is 376 g/mol. The van der Waals surface area contributed by atoms with Gasteiger partial charge in [-0.05, 0) is 36.2 Å². The van der Waals surface area contributed by atoms with Gasteiger partial charge < -0.3 is 10.4 Å². The van der Waals surface area contributed by atoms with Crippen LogP contribution >= 0.6 is 0 Å². The van der Waals surface area contributed by atoms with Gasteiger partial charge in [0.15, 0.2) is 0 Å². The highest BCUT2D eigenvalue weighted by Gasteiger charge is 2.53. The molecule has 1 saturated heterocycles. The van der Waals surface area contributed by atoms with Crippen LogP contribution in [0.15, 0.2) is 42.5 Å². The van der Waals surface area contributed by atoms with E-state index in [4.69, 9.17) is 0 Å². The number of likely N-dealkylation sites (tertiary alicyclic amines) is 1. The smallest absolute Gasteiger partial charge is 0.321 e. The molecule has 2 aromatic rings. The first-order valence-electron chi connectivity index (χ1n) is 10.00. The lowest BCUT2D eigenvalue weighted by atomic mass is 9.72. The summed E-state index contributed by atoms with van der Waals surface area (Å²) >= 11 is 0. The summed E-state index contributed by atoms with van der Waals surface area (Å²) < 4.78 is 27.8. The number of benzene rings is 2. The van der Waals surface area contributed by atoms with Gasteiger partial charge in [-0.25, -0.2) is 13.6 Å². The summed E-state index contributed by atoms with van der Waals surface area (Å²) in [5.74, 6) is -0.920. The standard InChI is InChI=1S/C22H25F2N3O2/c1-2-9-25-22(29)27-12-19-21(16-5-3-4-6-18(16)27)20(13-28)26(19)11-14-10-15(23)7-8-17(14)24/h3-8,10,19-21,28H,2,9,11-13H2,1H3,(H,25,29)/t19-,20+,21+/m1/s1. The molecule has 5 nitrogen and oxygen atoms in total. The molecule has 2 aromatic carbocycles. The molecule has 0 unspecified atom stereocenters. The molecule has 154 valence electrons. The number of hydrogen-bond donors (Lipinski definition) is 2. The van der Waals surface area contributed by atoms with E-state index in [2.05, 4.69) is 5.32 Å². The fourth-order valence-corrected chi connectivity index (χ4v) is 4.58. The predicted molar refractivity (Wildman–Crippen MR) is 107 cm³/mol. The average Bonchev–Trinajstić information content (AvgIpc) is 2.72. The average molecular weight is 401 g/mol. The van der Waals surface area contributed by atoms with Crippen LogP contribution in [0.1, 0.15) is 30.4 Å². The number of aliphatic hydroxyl groups excluding tert-OH is 1. The predicted octanol–water partition coefficient (Wildman–Crippen LogP) is 3.23. The van der Waals surface area contributed by atoms with Gasteiger partial charge in [0, 0.05) is 48.9 Å². The second kappa shape index (κ2) is 8.08. The zero-order valence-electron chi connectivity index (χ0n) is 16.3. The summed E-state index contributed by atoms with van der Waals surface area (Å²) in [6.45, 7) is 3.11. The van der Waals surface area contributed by atoms with E-state index in [1.54, 1.807) is 4.90 Å². The summed E-state index contributed by atoms with van der Waals surface area (Å²) in [5, 5.41) is 12.9. The first-order chi connectivity index (χ1) is 14.0. The van der Waals surface area contributed by atoms with Gasteiger partial charge in [-0.15, -0.1) is 0 Å². The van der Waals surface area contributed by atoms with Crippen molar-refractivity contribution < 1.29 is 18.7 Å². The Hall–Kier alpha value is -2.51. The normalized spacial score (nSPS) is 23.2. The Kier molecular flexibility index (Phi) is 5.52. The fourth-order valence-electron chi connectivity index (χ4n) is 4.58. The largest absolute Gasteiger partial charge is 0.395 e. The van der Waals surface area contributed by atoms with E-state index >= 15 is 0 Å². The number of carbonyl (C=O) groups excluding carboxylic acids is 1.